The molecule has 4 N–H and O–H groups in total. The molecule has 0 saturated heterocycles. The second-order valence-electron chi connectivity index (χ2n) is 2.84. The number of unbranched alkanes of at least 4 members (excludes halogenated alkanes) is 1. The number of hydrogen-bond donors (Lipinski definition) is 3. The predicted octanol–water partition coefficient (Wildman–Crippen LogP) is -0.168. The van der Waals surface area contributed by atoms with Gasteiger partial charge in [0.1, 0.15) is 12.7 Å². The molecule has 0 aliphatic heterocycles. The molecule has 0 aromatic rings. The Labute approximate surface area is 78.3 Å². The average molecular weight is 190 g/mol. The minimum absolute atomic E-state index is 0.0472. The van der Waals surface area contributed by atoms with Crippen molar-refractivity contribution in [3.05, 3.63) is 0 Å². The molecule has 0 spiro atoms. The second-order valence-corrected chi connectivity index (χ2v) is 2.84. The Hall–Kier alpha value is -0.810. The Morgan fingerprint density at radius 3 is 2.92 bits per heavy atom. The Kier molecular flexibility index (Phi) is 7.33. The van der Waals surface area contributed by atoms with Crippen molar-refractivity contribution < 1.29 is 14.6 Å². The summed E-state index contributed by atoms with van der Waals surface area (Å²) < 4.78 is 4.41. The monoisotopic (exact) mass is 190 g/mol. The second kappa shape index (κ2) is 7.82. The fraction of sp³-hybridized carbons (Fsp3) is 0.875. The van der Waals surface area contributed by atoms with Crippen molar-refractivity contribution in [1.29, 1.82) is 0 Å². The van der Waals surface area contributed by atoms with Crippen LogP contribution in [0, 0.1) is 0 Å². The molecule has 1 amide bonds. The van der Waals surface area contributed by atoms with Crippen molar-refractivity contribution in [2.45, 2.75) is 25.9 Å². The summed E-state index contributed by atoms with van der Waals surface area (Å²) in [5, 5.41) is 12.2. The summed E-state index contributed by atoms with van der Waals surface area (Å²) in [6.07, 6.45) is 0.654. The van der Waals surface area contributed by atoms with Crippen molar-refractivity contribution in [3.63, 3.8) is 0 Å². The number of nitrogens with two attached hydrogens (primary N) is 1. The van der Waals surface area contributed by atoms with E-state index in [1.165, 1.54) is 0 Å². The zero-order chi connectivity index (χ0) is 10.1. The number of carbonyl (C=O) groups is 1. The van der Waals surface area contributed by atoms with E-state index in [1.807, 2.05) is 0 Å². The lowest BCUT2D eigenvalue weighted by molar-refractivity contribution is 0.0728. The van der Waals surface area contributed by atoms with E-state index in [-0.39, 0.29) is 6.61 Å². The van der Waals surface area contributed by atoms with E-state index >= 15 is 0 Å². The van der Waals surface area contributed by atoms with Gasteiger partial charge in [-0.05, 0) is 13.0 Å². The highest BCUT2D eigenvalue weighted by molar-refractivity contribution is 5.64. The summed E-state index contributed by atoms with van der Waals surface area (Å²) >= 11 is 0. The molecule has 0 aliphatic carbocycles. The number of aliphatic hydroxyl groups excluding tert-OH is 1. The van der Waals surface area contributed by atoms with E-state index in [4.69, 9.17) is 5.73 Å². The number of primary amides is 1. The van der Waals surface area contributed by atoms with Crippen LogP contribution in [0.2, 0.25) is 0 Å². The van der Waals surface area contributed by atoms with Crippen LogP contribution in [0.3, 0.4) is 0 Å². The topological polar surface area (TPSA) is 84.6 Å². The standard InChI is InChI=1S/C8H18N2O3/c1-2-3-4-10-5-7(11)6-13-8(9)12/h7,10-11H,2-6H2,1H3,(H2,9,12). The summed E-state index contributed by atoms with van der Waals surface area (Å²) in [6.45, 7) is 3.33. The van der Waals surface area contributed by atoms with Crippen LogP contribution in [0.15, 0.2) is 0 Å². The molecule has 5 heteroatoms. The molecule has 13 heavy (non-hydrogen) atoms. The summed E-state index contributed by atoms with van der Waals surface area (Å²) in [6, 6.07) is 0. The Morgan fingerprint density at radius 2 is 2.38 bits per heavy atom. The van der Waals surface area contributed by atoms with E-state index in [9.17, 15) is 9.90 Å². The van der Waals surface area contributed by atoms with Gasteiger partial charge < -0.3 is 20.9 Å². The number of hydrogen-bond acceptors (Lipinski definition) is 4. The van der Waals surface area contributed by atoms with Crippen molar-refractivity contribution >= 4 is 6.09 Å². The lowest BCUT2D eigenvalue weighted by Crippen LogP contribution is -2.32. The first-order chi connectivity index (χ1) is 6.16. The fourth-order valence-corrected chi connectivity index (χ4v) is 0.808. The van der Waals surface area contributed by atoms with Gasteiger partial charge in [-0.1, -0.05) is 13.3 Å². The normalized spacial score (nSPS) is 12.5. The molecule has 0 radical (unpaired) electrons. The molecule has 0 bridgehead atoms. The van der Waals surface area contributed by atoms with Gasteiger partial charge in [0, 0.05) is 6.54 Å². The molecule has 0 fully saturated rings. The van der Waals surface area contributed by atoms with Gasteiger partial charge in [0.15, 0.2) is 0 Å². The zero-order valence-electron chi connectivity index (χ0n) is 7.95. The van der Waals surface area contributed by atoms with E-state index in [0.717, 1.165) is 19.4 Å². The smallest absolute Gasteiger partial charge is 0.404 e. The van der Waals surface area contributed by atoms with Crippen LogP contribution in [-0.4, -0.2) is 37.0 Å². The van der Waals surface area contributed by atoms with E-state index in [2.05, 4.69) is 17.0 Å². The highest BCUT2D eigenvalue weighted by Crippen LogP contribution is 1.86. The van der Waals surface area contributed by atoms with Gasteiger partial charge in [-0.15, -0.1) is 0 Å². The van der Waals surface area contributed by atoms with Gasteiger partial charge in [-0.2, -0.15) is 0 Å². The van der Waals surface area contributed by atoms with Crippen LogP contribution in [0.5, 0.6) is 0 Å². The predicted molar refractivity (Wildman–Crippen MR) is 49.3 cm³/mol. The van der Waals surface area contributed by atoms with Crippen LogP contribution >= 0.6 is 0 Å². The minimum Gasteiger partial charge on any atom is -0.447 e. The molecule has 78 valence electrons. The molecule has 0 aromatic heterocycles. The van der Waals surface area contributed by atoms with Crippen molar-refractivity contribution in [2.24, 2.45) is 5.73 Å². The van der Waals surface area contributed by atoms with Gasteiger partial charge in [-0.25, -0.2) is 4.79 Å². The van der Waals surface area contributed by atoms with Crippen LogP contribution in [0.25, 0.3) is 0 Å². The average Bonchev–Trinajstić information content (AvgIpc) is 2.09. The SMILES string of the molecule is CCCCNCC(O)COC(N)=O. The highest BCUT2D eigenvalue weighted by atomic mass is 16.6. The molecule has 0 saturated carbocycles. The van der Waals surface area contributed by atoms with Gasteiger partial charge in [0.25, 0.3) is 0 Å². The number of aliphatic hydroxyl groups is 1. The molecule has 1 unspecified atom stereocenters. The van der Waals surface area contributed by atoms with Crippen molar-refractivity contribution in [3.8, 4) is 0 Å². The Balaban J connectivity index is 3.19. The van der Waals surface area contributed by atoms with Crippen molar-refractivity contribution in [1.82, 2.24) is 5.32 Å². The molecular weight excluding hydrogens is 172 g/mol. The molecule has 0 rings (SSSR count). The fourth-order valence-electron chi connectivity index (χ4n) is 0.808. The number of carbonyl (C=O) groups excluding carboxylic acids is 1. The van der Waals surface area contributed by atoms with Gasteiger partial charge >= 0.3 is 6.09 Å². The number of rotatable bonds is 7. The van der Waals surface area contributed by atoms with Gasteiger partial charge in [0.2, 0.25) is 0 Å². The van der Waals surface area contributed by atoms with E-state index in [0.29, 0.717) is 6.54 Å². The van der Waals surface area contributed by atoms with E-state index in [1.54, 1.807) is 0 Å². The Morgan fingerprint density at radius 1 is 1.69 bits per heavy atom. The maximum Gasteiger partial charge on any atom is 0.404 e. The van der Waals surface area contributed by atoms with Gasteiger partial charge in [0.05, 0.1) is 0 Å². The molecule has 0 aromatic carbocycles. The van der Waals surface area contributed by atoms with Crippen LogP contribution < -0.4 is 11.1 Å². The summed E-state index contributed by atoms with van der Waals surface area (Å²) in [5.74, 6) is 0. The number of ether oxygens (including phenoxy) is 1. The quantitative estimate of drug-likeness (QED) is 0.487. The highest BCUT2D eigenvalue weighted by Gasteiger charge is 2.04. The zero-order valence-corrected chi connectivity index (χ0v) is 7.95. The van der Waals surface area contributed by atoms with Crippen LogP contribution in [-0.2, 0) is 4.74 Å². The maximum atomic E-state index is 10.1. The Bertz CT molecular complexity index is 141. The summed E-state index contributed by atoms with van der Waals surface area (Å²) in [5.41, 5.74) is 4.72. The summed E-state index contributed by atoms with van der Waals surface area (Å²) in [7, 11) is 0. The first-order valence-corrected chi connectivity index (χ1v) is 4.47. The number of amides is 1. The third-order valence-corrected chi connectivity index (χ3v) is 1.51. The third-order valence-electron chi connectivity index (χ3n) is 1.51. The first kappa shape index (κ1) is 12.2. The van der Waals surface area contributed by atoms with Crippen LogP contribution in [0.4, 0.5) is 4.79 Å². The summed E-state index contributed by atoms with van der Waals surface area (Å²) in [4.78, 5) is 10.1. The first-order valence-electron chi connectivity index (χ1n) is 4.47. The van der Waals surface area contributed by atoms with Crippen LogP contribution in [0.1, 0.15) is 19.8 Å². The van der Waals surface area contributed by atoms with Crippen molar-refractivity contribution in [2.75, 3.05) is 19.7 Å². The maximum absolute atomic E-state index is 10.1. The van der Waals surface area contributed by atoms with E-state index < -0.39 is 12.2 Å². The molecule has 1 atom stereocenters. The lowest BCUT2D eigenvalue weighted by atomic mass is 10.3. The molecule has 0 heterocycles. The lowest BCUT2D eigenvalue weighted by Gasteiger charge is -2.10. The molecule has 0 aliphatic rings. The molecular formula is C8H18N2O3. The largest absolute Gasteiger partial charge is 0.447 e. The molecule has 5 nitrogen and oxygen atoms in total. The third kappa shape index (κ3) is 9.10. The number of nitrogens with one attached hydrogen (secondary N) is 1. The minimum atomic E-state index is -0.854. The van der Waals surface area contributed by atoms with Gasteiger partial charge in [-0.3, -0.25) is 0 Å².